The molecule has 1 aliphatic rings. The lowest BCUT2D eigenvalue weighted by Crippen LogP contribution is -2.52. The molecular weight excluding hydrogens is 503 g/mol. The highest BCUT2D eigenvalue weighted by molar-refractivity contribution is 6.31. The summed E-state index contributed by atoms with van der Waals surface area (Å²) in [5.74, 6) is -0.162. The second kappa shape index (κ2) is 13.6. The fourth-order valence-corrected chi connectivity index (χ4v) is 5.33. The van der Waals surface area contributed by atoms with Gasteiger partial charge in [0, 0.05) is 35.5 Å². The molecule has 1 fully saturated rings. The van der Waals surface area contributed by atoms with Crippen LogP contribution < -0.4 is 5.32 Å². The summed E-state index contributed by atoms with van der Waals surface area (Å²) < 4.78 is 0. The van der Waals surface area contributed by atoms with Gasteiger partial charge in [0.25, 0.3) is 0 Å². The maximum Gasteiger partial charge on any atom is 0.243 e. The lowest BCUT2D eigenvalue weighted by molar-refractivity contribution is -0.141. The van der Waals surface area contributed by atoms with E-state index in [0.717, 1.165) is 42.4 Å². The number of halogens is 2. The van der Waals surface area contributed by atoms with Crippen LogP contribution in [0.4, 0.5) is 0 Å². The summed E-state index contributed by atoms with van der Waals surface area (Å²) in [4.78, 5) is 29.3. The van der Waals surface area contributed by atoms with Crippen LogP contribution in [0.1, 0.15) is 55.2 Å². The van der Waals surface area contributed by atoms with Crippen LogP contribution in [-0.4, -0.2) is 28.8 Å². The predicted octanol–water partition coefficient (Wildman–Crippen LogP) is 7.02. The highest BCUT2D eigenvalue weighted by atomic mass is 35.5. The summed E-state index contributed by atoms with van der Waals surface area (Å²) >= 11 is 12.5. The Kier molecular flexibility index (Phi) is 10.0. The van der Waals surface area contributed by atoms with Crippen molar-refractivity contribution in [2.75, 3.05) is 0 Å². The van der Waals surface area contributed by atoms with E-state index in [4.69, 9.17) is 23.2 Å². The molecule has 0 bridgehead atoms. The molecule has 1 saturated carbocycles. The number of nitrogens with zero attached hydrogens (tertiary/aromatic N) is 1. The van der Waals surface area contributed by atoms with Crippen molar-refractivity contribution in [2.45, 2.75) is 70.0 Å². The van der Waals surface area contributed by atoms with Crippen LogP contribution in [0.25, 0.3) is 0 Å². The first-order valence-corrected chi connectivity index (χ1v) is 13.9. The van der Waals surface area contributed by atoms with E-state index < -0.39 is 6.04 Å². The van der Waals surface area contributed by atoms with E-state index in [0.29, 0.717) is 29.4 Å². The normalized spacial score (nSPS) is 14.6. The van der Waals surface area contributed by atoms with Gasteiger partial charge < -0.3 is 10.2 Å². The molecule has 1 atom stereocenters. The molecule has 0 spiro atoms. The van der Waals surface area contributed by atoms with Crippen molar-refractivity contribution in [2.24, 2.45) is 0 Å². The maximum atomic E-state index is 13.8. The van der Waals surface area contributed by atoms with E-state index in [1.165, 1.54) is 6.42 Å². The first kappa shape index (κ1) is 27.2. The molecule has 0 aliphatic heterocycles. The molecular formula is C31H34Cl2N2O2. The van der Waals surface area contributed by atoms with Gasteiger partial charge >= 0.3 is 0 Å². The summed E-state index contributed by atoms with van der Waals surface area (Å²) in [7, 11) is 0. The van der Waals surface area contributed by atoms with Gasteiger partial charge in [0.2, 0.25) is 11.8 Å². The highest BCUT2D eigenvalue weighted by Crippen LogP contribution is 2.22. The molecule has 0 aromatic heterocycles. The number of benzene rings is 3. The van der Waals surface area contributed by atoms with E-state index in [9.17, 15) is 9.59 Å². The maximum absolute atomic E-state index is 13.8. The zero-order valence-electron chi connectivity index (χ0n) is 21.0. The number of hydrogen-bond acceptors (Lipinski definition) is 2. The molecule has 3 aromatic carbocycles. The molecule has 4 rings (SSSR count). The van der Waals surface area contributed by atoms with Crippen LogP contribution in [0.15, 0.2) is 78.9 Å². The molecule has 1 unspecified atom stereocenters. The van der Waals surface area contributed by atoms with Crippen molar-refractivity contribution < 1.29 is 9.59 Å². The van der Waals surface area contributed by atoms with Crippen molar-refractivity contribution in [1.82, 2.24) is 10.2 Å². The Morgan fingerprint density at radius 2 is 1.51 bits per heavy atom. The Hall–Kier alpha value is -2.82. The minimum absolute atomic E-state index is 0.0744. The first-order chi connectivity index (χ1) is 18.0. The van der Waals surface area contributed by atoms with Crippen molar-refractivity contribution in [1.29, 1.82) is 0 Å². The lowest BCUT2D eigenvalue weighted by Gasteiger charge is -2.33. The number of carbonyl (C=O) groups is 2. The largest absolute Gasteiger partial charge is 0.352 e. The Bertz CT molecular complexity index is 1160. The molecule has 37 heavy (non-hydrogen) atoms. The van der Waals surface area contributed by atoms with Gasteiger partial charge in [-0.05, 0) is 54.2 Å². The molecule has 0 saturated heterocycles. The molecule has 0 heterocycles. The summed E-state index contributed by atoms with van der Waals surface area (Å²) in [5.41, 5.74) is 2.88. The third-order valence-electron chi connectivity index (χ3n) is 7.05. The third kappa shape index (κ3) is 8.08. The van der Waals surface area contributed by atoms with E-state index in [1.807, 2.05) is 78.9 Å². The monoisotopic (exact) mass is 536 g/mol. The van der Waals surface area contributed by atoms with Crippen molar-refractivity contribution >= 4 is 35.0 Å². The summed E-state index contributed by atoms with van der Waals surface area (Å²) in [5, 5.41) is 4.56. The Morgan fingerprint density at radius 3 is 2.22 bits per heavy atom. The number of aryl methyl sites for hydroxylation is 1. The highest BCUT2D eigenvalue weighted by Gasteiger charge is 2.31. The van der Waals surface area contributed by atoms with Crippen molar-refractivity contribution in [3.8, 4) is 0 Å². The minimum Gasteiger partial charge on any atom is -0.352 e. The smallest absolute Gasteiger partial charge is 0.243 e. The number of rotatable bonds is 10. The zero-order chi connectivity index (χ0) is 26.0. The van der Waals surface area contributed by atoms with E-state index in [1.54, 1.807) is 4.90 Å². The standard InChI is InChI=1S/C31H34Cl2N2O2/c32-26-18-15-24(16-19-26)22-35(30(36)20-17-25-11-7-8-14-28(25)33)29(21-23-9-3-1-4-10-23)31(37)34-27-12-5-2-6-13-27/h1,3-4,7-11,14-16,18-19,27,29H,2,5-6,12-13,17,20-22H2,(H,34,37). The van der Waals surface area contributed by atoms with Crippen LogP contribution in [0.2, 0.25) is 10.0 Å². The summed E-state index contributed by atoms with van der Waals surface area (Å²) in [6.07, 6.45) is 6.66. The van der Waals surface area contributed by atoms with Gasteiger partial charge in [-0.25, -0.2) is 0 Å². The minimum atomic E-state index is -0.626. The molecule has 3 aromatic rings. The van der Waals surface area contributed by atoms with Gasteiger partial charge in [0.1, 0.15) is 6.04 Å². The van der Waals surface area contributed by atoms with Crippen molar-refractivity contribution in [3.63, 3.8) is 0 Å². The second-order valence-corrected chi connectivity index (χ2v) is 10.6. The van der Waals surface area contributed by atoms with Gasteiger partial charge in [-0.2, -0.15) is 0 Å². The van der Waals surface area contributed by atoms with Crippen LogP contribution in [0, 0.1) is 0 Å². The second-order valence-electron chi connectivity index (χ2n) is 9.79. The molecule has 1 aliphatic carbocycles. The van der Waals surface area contributed by atoms with Crippen molar-refractivity contribution in [3.05, 3.63) is 106 Å². The molecule has 4 nitrogen and oxygen atoms in total. The van der Waals surface area contributed by atoms with Gasteiger partial charge in [0.15, 0.2) is 0 Å². The quantitative estimate of drug-likeness (QED) is 0.302. The van der Waals surface area contributed by atoms with Crippen LogP contribution in [0.5, 0.6) is 0 Å². The fraction of sp³-hybridized carbons (Fsp3) is 0.355. The van der Waals surface area contributed by atoms with Crippen LogP contribution in [0.3, 0.4) is 0 Å². The topological polar surface area (TPSA) is 49.4 Å². The van der Waals surface area contributed by atoms with Crippen LogP contribution in [-0.2, 0) is 29.0 Å². The van der Waals surface area contributed by atoms with E-state index >= 15 is 0 Å². The average Bonchev–Trinajstić information content (AvgIpc) is 2.92. The molecule has 1 N–H and O–H groups in total. The Morgan fingerprint density at radius 1 is 0.838 bits per heavy atom. The summed E-state index contributed by atoms with van der Waals surface area (Å²) in [6, 6.07) is 24.5. The lowest BCUT2D eigenvalue weighted by atomic mass is 9.94. The number of amides is 2. The van der Waals surface area contributed by atoms with Gasteiger partial charge in [0.05, 0.1) is 0 Å². The number of carbonyl (C=O) groups excluding carboxylic acids is 2. The van der Waals surface area contributed by atoms with Crippen LogP contribution >= 0.6 is 23.2 Å². The number of nitrogens with one attached hydrogen (secondary N) is 1. The predicted molar refractivity (Wildman–Crippen MR) is 151 cm³/mol. The first-order valence-electron chi connectivity index (χ1n) is 13.1. The Labute approximate surface area is 230 Å². The number of hydrogen-bond donors (Lipinski definition) is 1. The molecule has 194 valence electrons. The SMILES string of the molecule is O=C(NC1CCCCC1)C(Cc1ccccc1)N(Cc1ccc(Cl)cc1)C(=O)CCc1ccccc1Cl. The van der Waals surface area contributed by atoms with E-state index in [-0.39, 0.29) is 24.3 Å². The third-order valence-corrected chi connectivity index (χ3v) is 7.68. The fourth-order valence-electron chi connectivity index (χ4n) is 4.97. The van der Waals surface area contributed by atoms with Gasteiger partial charge in [-0.1, -0.05) is 103 Å². The summed E-state index contributed by atoms with van der Waals surface area (Å²) in [6.45, 7) is 0.327. The molecule has 2 amide bonds. The zero-order valence-corrected chi connectivity index (χ0v) is 22.6. The Balaban J connectivity index is 1.61. The molecule has 0 radical (unpaired) electrons. The van der Waals surface area contributed by atoms with Gasteiger partial charge in [-0.3, -0.25) is 9.59 Å². The molecule has 6 heteroatoms. The average molecular weight is 538 g/mol. The van der Waals surface area contributed by atoms with Gasteiger partial charge in [-0.15, -0.1) is 0 Å². The van der Waals surface area contributed by atoms with E-state index in [2.05, 4.69) is 5.32 Å².